The van der Waals surface area contributed by atoms with E-state index in [2.05, 4.69) is 5.32 Å². The number of likely N-dealkylation sites (tertiary alicyclic amines) is 1. The molecule has 2 heterocycles. The molecule has 1 amide bonds. The van der Waals surface area contributed by atoms with Crippen LogP contribution >= 0.6 is 0 Å². The average Bonchev–Trinajstić information content (AvgIpc) is 2.86. The first-order chi connectivity index (χ1) is 10.1. The lowest BCUT2D eigenvalue weighted by Gasteiger charge is -2.31. The molecule has 114 valence electrons. The normalized spacial score (nSPS) is 28.6. The predicted molar refractivity (Wildman–Crippen MR) is 83.6 cm³/mol. The first kappa shape index (κ1) is 14.5. The fourth-order valence-electron chi connectivity index (χ4n) is 3.66. The van der Waals surface area contributed by atoms with Gasteiger partial charge in [-0.2, -0.15) is 0 Å². The van der Waals surface area contributed by atoms with Crippen molar-refractivity contribution in [1.29, 1.82) is 0 Å². The van der Waals surface area contributed by atoms with E-state index in [-0.39, 0.29) is 5.91 Å². The number of nitrogens with zero attached hydrogens (tertiary/aromatic N) is 1. The quantitative estimate of drug-likeness (QED) is 0.862. The van der Waals surface area contributed by atoms with Crippen LogP contribution in [-0.2, 0) is 10.3 Å². The van der Waals surface area contributed by atoms with Gasteiger partial charge in [-0.05, 0) is 50.3 Å². The van der Waals surface area contributed by atoms with E-state index < -0.39 is 5.54 Å². The summed E-state index contributed by atoms with van der Waals surface area (Å²) in [4.78, 5) is 14.9. The number of fused-ring (bicyclic) bond motifs is 1. The monoisotopic (exact) mass is 287 g/mol. The van der Waals surface area contributed by atoms with Gasteiger partial charge in [-0.25, -0.2) is 0 Å². The highest BCUT2D eigenvalue weighted by Crippen LogP contribution is 2.29. The predicted octanol–water partition coefficient (Wildman–Crippen LogP) is 1.32. The molecule has 4 nitrogen and oxygen atoms in total. The fraction of sp³-hybridized carbons (Fsp3) is 0.588. The topological polar surface area (TPSA) is 58.4 Å². The highest BCUT2D eigenvalue weighted by atomic mass is 16.2. The molecular weight excluding hydrogens is 262 g/mol. The summed E-state index contributed by atoms with van der Waals surface area (Å²) < 4.78 is 0. The van der Waals surface area contributed by atoms with Crippen LogP contribution in [0.5, 0.6) is 0 Å². The summed E-state index contributed by atoms with van der Waals surface area (Å²) in [5.74, 6) is 1.51. The Hall–Kier alpha value is -1.39. The van der Waals surface area contributed by atoms with Gasteiger partial charge in [0.2, 0.25) is 5.91 Å². The molecule has 1 aromatic carbocycles. The lowest BCUT2D eigenvalue weighted by Crippen LogP contribution is -2.51. The number of nitrogens with two attached hydrogens (primary N) is 1. The first-order valence-electron chi connectivity index (χ1n) is 7.93. The van der Waals surface area contributed by atoms with E-state index in [9.17, 15) is 4.79 Å². The summed E-state index contributed by atoms with van der Waals surface area (Å²) in [5, 5.41) is 3.46. The maximum atomic E-state index is 12.9. The van der Waals surface area contributed by atoms with E-state index in [1.54, 1.807) is 0 Å². The van der Waals surface area contributed by atoms with Crippen molar-refractivity contribution in [1.82, 2.24) is 10.2 Å². The molecule has 2 aliphatic heterocycles. The van der Waals surface area contributed by atoms with Crippen LogP contribution in [0.4, 0.5) is 0 Å². The van der Waals surface area contributed by atoms with Crippen LogP contribution in [0, 0.1) is 11.8 Å². The van der Waals surface area contributed by atoms with Gasteiger partial charge in [-0.3, -0.25) is 4.79 Å². The molecule has 3 rings (SSSR count). The molecule has 21 heavy (non-hydrogen) atoms. The zero-order valence-corrected chi connectivity index (χ0v) is 12.7. The van der Waals surface area contributed by atoms with Crippen molar-refractivity contribution in [2.45, 2.75) is 25.3 Å². The Kier molecular flexibility index (Phi) is 4.00. The highest BCUT2D eigenvalue weighted by molar-refractivity contribution is 5.87. The summed E-state index contributed by atoms with van der Waals surface area (Å²) >= 11 is 0. The number of amides is 1. The second kappa shape index (κ2) is 5.78. The lowest BCUT2D eigenvalue weighted by molar-refractivity contribution is -0.136. The van der Waals surface area contributed by atoms with Crippen LogP contribution in [0.3, 0.4) is 0 Å². The second-order valence-corrected chi connectivity index (χ2v) is 6.62. The number of carbonyl (C=O) groups is 1. The number of nitrogens with one attached hydrogen (secondary N) is 1. The van der Waals surface area contributed by atoms with Gasteiger partial charge in [-0.1, -0.05) is 30.3 Å². The number of hydrogen-bond acceptors (Lipinski definition) is 3. The molecule has 0 aliphatic carbocycles. The summed E-state index contributed by atoms with van der Waals surface area (Å²) in [6.45, 7) is 5.71. The minimum Gasteiger partial charge on any atom is -0.341 e. The molecule has 2 fully saturated rings. The summed E-state index contributed by atoms with van der Waals surface area (Å²) in [6.07, 6.45) is 2.18. The van der Waals surface area contributed by atoms with Crippen molar-refractivity contribution < 1.29 is 4.79 Å². The number of carbonyl (C=O) groups excluding carboxylic acids is 1. The van der Waals surface area contributed by atoms with Gasteiger partial charge in [0.1, 0.15) is 5.54 Å². The molecule has 0 saturated carbocycles. The van der Waals surface area contributed by atoms with Gasteiger partial charge in [0.25, 0.3) is 0 Å². The molecule has 2 saturated heterocycles. The third kappa shape index (κ3) is 2.83. The van der Waals surface area contributed by atoms with Gasteiger partial charge < -0.3 is 16.0 Å². The number of hydrogen-bond donors (Lipinski definition) is 2. The van der Waals surface area contributed by atoms with E-state index in [1.165, 1.54) is 0 Å². The van der Waals surface area contributed by atoms with E-state index in [0.717, 1.165) is 56.4 Å². The fourth-order valence-corrected chi connectivity index (χ4v) is 3.66. The number of rotatable bonds is 2. The van der Waals surface area contributed by atoms with Crippen LogP contribution in [-0.4, -0.2) is 37.0 Å². The Labute approximate surface area is 126 Å². The summed E-state index contributed by atoms with van der Waals surface area (Å²) in [7, 11) is 0. The molecular formula is C17H25N3O. The van der Waals surface area contributed by atoms with E-state index in [4.69, 9.17) is 5.73 Å². The Morgan fingerprint density at radius 1 is 1.19 bits per heavy atom. The minimum absolute atomic E-state index is 0.0571. The van der Waals surface area contributed by atoms with Crippen molar-refractivity contribution in [2.75, 3.05) is 26.2 Å². The molecule has 1 aromatic rings. The van der Waals surface area contributed by atoms with E-state index in [0.29, 0.717) is 0 Å². The van der Waals surface area contributed by atoms with Crippen molar-refractivity contribution >= 4 is 5.91 Å². The number of benzene rings is 1. The second-order valence-electron chi connectivity index (χ2n) is 6.62. The largest absolute Gasteiger partial charge is 0.341 e. The molecule has 2 aliphatic rings. The van der Waals surface area contributed by atoms with Crippen LogP contribution in [0.1, 0.15) is 25.3 Å². The molecule has 0 bridgehead atoms. The van der Waals surface area contributed by atoms with Gasteiger partial charge in [0, 0.05) is 13.1 Å². The van der Waals surface area contributed by atoms with Crippen molar-refractivity contribution in [3.05, 3.63) is 35.9 Å². The van der Waals surface area contributed by atoms with E-state index in [1.807, 2.05) is 42.2 Å². The zero-order valence-electron chi connectivity index (χ0n) is 12.7. The third-order valence-corrected chi connectivity index (χ3v) is 5.12. The molecule has 1 unspecified atom stereocenters. The molecule has 3 N–H and O–H groups in total. The Bertz CT molecular complexity index is 486. The highest BCUT2D eigenvalue weighted by Gasteiger charge is 2.37. The molecule has 0 radical (unpaired) electrons. The van der Waals surface area contributed by atoms with Crippen molar-refractivity contribution in [3.8, 4) is 0 Å². The van der Waals surface area contributed by atoms with Gasteiger partial charge >= 0.3 is 0 Å². The van der Waals surface area contributed by atoms with Gasteiger partial charge in [0.05, 0.1) is 0 Å². The van der Waals surface area contributed by atoms with Gasteiger partial charge in [0.15, 0.2) is 0 Å². The smallest absolute Gasteiger partial charge is 0.246 e. The SMILES string of the molecule is CC(N)(C(=O)N1CC[C@@H]2CNC[C@@H]2CC1)c1ccccc1. The molecule has 4 heteroatoms. The molecule has 3 atom stereocenters. The Morgan fingerprint density at radius 2 is 1.76 bits per heavy atom. The van der Waals surface area contributed by atoms with E-state index >= 15 is 0 Å². The third-order valence-electron chi connectivity index (χ3n) is 5.12. The van der Waals surface area contributed by atoms with Crippen LogP contribution in [0.2, 0.25) is 0 Å². The van der Waals surface area contributed by atoms with Crippen molar-refractivity contribution in [2.24, 2.45) is 17.6 Å². The maximum absolute atomic E-state index is 12.9. The van der Waals surface area contributed by atoms with Crippen LogP contribution in [0.15, 0.2) is 30.3 Å². The van der Waals surface area contributed by atoms with Crippen LogP contribution in [0.25, 0.3) is 0 Å². The molecule has 0 aromatic heterocycles. The summed E-state index contributed by atoms with van der Waals surface area (Å²) in [6, 6.07) is 9.70. The van der Waals surface area contributed by atoms with Crippen LogP contribution < -0.4 is 11.1 Å². The zero-order chi connectivity index (χ0) is 14.9. The lowest BCUT2D eigenvalue weighted by atomic mass is 9.91. The van der Waals surface area contributed by atoms with Crippen molar-refractivity contribution in [3.63, 3.8) is 0 Å². The van der Waals surface area contributed by atoms with Gasteiger partial charge in [-0.15, -0.1) is 0 Å². The first-order valence-corrected chi connectivity index (χ1v) is 7.93. The standard InChI is InChI=1S/C17H25N3O/c1-17(18,15-5-3-2-4-6-15)16(21)20-9-7-13-11-19-12-14(13)8-10-20/h2-6,13-14,19H,7-12,18H2,1H3/t13-,14+,17?. The Balaban J connectivity index is 1.73. The average molecular weight is 287 g/mol. The minimum atomic E-state index is -0.932. The Morgan fingerprint density at radius 3 is 2.33 bits per heavy atom. The summed E-state index contributed by atoms with van der Waals surface area (Å²) in [5.41, 5.74) is 6.33. The maximum Gasteiger partial charge on any atom is 0.246 e. The molecule has 0 spiro atoms.